The van der Waals surface area contributed by atoms with Crippen LogP contribution in [0.15, 0.2) is 182 Å². The average Bonchev–Trinajstić information content (AvgIpc) is 3.41. The first-order chi connectivity index (χ1) is 27.3. The van der Waals surface area contributed by atoms with Crippen LogP contribution < -0.4 is 5.32 Å². The Labute approximate surface area is 318 Å². The molecular formula is C52H33N3. The topological polar surface area (TPSA) is 29.3 Å². The highest BCUT2D eigenvalue weighted by atomic mass is 15.1. The smallest absolute Gasteiger partial charge is 0.147 e. The van der Waals surface area contributed by atoms with E-state index in [1.165, 1.54) is 60.0 Å². The van der Waals surface area contributed by atoms with Gasteiger partial charge in [-0.1, -0.05) is 176 Å². The number of pyridine rings is 1. The lowest BCUT2D eigenvalue weighted by Gasteiger charge is -2.20. The van der Waals surface area contributed by atoms with E-state index in [1.54, 1.807) is 0 Å². The molecule has 0 aliphatic heterocycles. The summed E-state index contributed by atoms with van der Waals surface area (Å²) >= 11 is 0. The van der Waals surface area contributed by atoms with Crippen molar-refractivity contribution in [1.29, 1.82) is 0 Å². The van der Waals surface area contributed by atoms with Gasteiger partial charge in [0.05, 0.1) is 11.1 Å². The van der Waals surface area contributed by atoms with Crippen LogP contribution in [0, 0.1) is 11.8 Å². The molecule has 10 aromatic rings. The summed E-state index contributed by atoms with van der Waals surface area (Å²) in [6.45, 7) is 0. The molecule has 1 aliphatic rings. The zero-order valence-corrected chi connectivity index (χ0v) is 29.9. The van der Waals surface area contributed by atoms with Gasteiger partial charge in [-0.15, -0.1) is 0 Å². The van der Waals surface area contributed by atoms with E-state index in [-0.39, 0.29) is 0 Å². The summed E-state index contributed by atoms with van der Waals surface area (Å²) in [7, 11) is 0. The van der Waals surface area contributed by atoms with E-state index in [0.29, 0.717) is 6.42 Å². The Morgan fingerprint density at radius 3 is 1.82 bits per heavy atom. The van der Waals surface area contributed by atoms with Gasteiger partial charge in [-0.05, 0) is 72.8 Å². The lowest BCUT2D eigenvalue weighted by Crippen LogP contribution is -2.01. The Kier molecular flexibility index (Phi) is 7.15. The molecule has 1 N–H and O–H groups in total. The molecule has 8 aromatic carbocycles. The Hall–Kier alpha value is -7.41. The maximum absolute atomic E-state index is 5.39. The summed E-state index contributed by atoms with van der Waals surface area (Å²) in [4.78, 5) is 5.39. The van der Waals surface area contributed by atoms with E-state index in [0.717, 1.165) is 44.7 Å². The highest BCUT2D eigenvalue weighted by molar-refractivity contribution is 6.24. The van der Waals surface area contributed by atoms with Crippen molar-refractivity contribution in [2.24, 2.45) is 0 Å². The van der Waals surface area contributed by atoms with Gasteiger partial charge >= 0.3 is 0 Å². The van der Waals surface area contributed by atoms with Gasteiger partial charge in [0.2, 0.25) is 0 Å². The molecule has 55 heavy (non-hydrogen) atoms. The molecule has 2 aromatic heterocycles. The summed E-state index contributed by atoms with van der Waals surface area (Å²) < 4.78 is 2.29. The zero-order valence-electron chi connectivity index (χ0n) is 29.9. The van der Waals surface area contributed by atoms with Crippen molar-refractivity contribution in [3.05, 3.63) is 188 Å². The molecule has 0 unspecified atom stereocenters. The fraction of sp³-hybridized carbons (Fsp3) is 0.0192. The van der Waals surface area contributed by atoms with Gasteiger partial charge in [-0.3, -0.25) is 4.40 Å². The van der Waals surface area contributed by atoms with Crippen LogP contribution in [0.4, 0.5) is 11.5 Å². The number of hydrogen-bond donors (Lipinski definition) is 1. The van der Waals surface area contributed by atoms with Gasteiger partial charge in [0, 0.05) is 28.3 Å². The first kappa shape index (κ1) is 31.1. The molecular weight excluding hydrogens is 667 g/mol. The number of imidazole rings is 1. The number of benzene rings is 8. The average molecular weight is 700 g/mol. The van der Waals surface area contributed by atoms with Crippen LogP contribution in [0.25, 0.3) is 87.5 Å². The maximum Gasteiger partial charge on any atom is 0.147 e. The third-order valence-electron chi connectivity index (χ3n) is 11.0. The Bertz CT molecular complexity index is 3260. The minimum atomic E-state index is 0.712. The minimum absolute atomic E-state index is 0.712. The molecule has 11 rings (SSSR count). The summed E-state index contributed by atoms with van der Waals surface area (Å²) in [6, 6.07) is 59.0. The molecule has 2 heterocycles. The normalized spacial score (nSPS) is 12.7. The summed E-state index contributed by atoms with van der Waals surface area (Å²) in [6.07, 6.45) is 6.98. The standard InChI is InChI=1S/C52H33N3/c1-2-5-21-35(20-4-1)50-52(55-47-31-17-16-25-39(47)37-23-9-15-30-45(37)51(55)54-50)53-46-33-32-44(36-22-8-10-24-38(36)46)49-42-28-13-11-26-40(42)48(34-18-6-3-7-19-34)41-27-12-14-29-43(41)49/h1,3-4,6-20,22-33,53H,2H2. The van der Waals surface area contributed by atoms with Crippen molar-refractivity contribution < 1.29 is 0 Å². The number of fused-ring (bicyclic) bond motifs is 9. The second-order valence-electron chi connectivity index (χ2n) is 14.1. The lowest BCUT2D eigenvalue weighted by molar-refractivity contribution is 1.26. The van der Waals surface area contributed by atoms with Crippen molar-refractivity contribution in [3.63, 3.8) is 0 Å². The highest BCUT2D eigenvalue weighted by Crippen LogP contribution is 2.46. The molecule has 0 bridgehead atoms. The van der Waals surface area contributed by atoms with Gasteiger partial charge < -0.3 is 5.32 Å². The molecule has 0 amide bonds. The summed E-state index contributed by atoms with van der Waals surface area (Å²) in [5.74, 6) is 7.65. The molecule has 0 saturated carbocycles. The fourth-order valence-electron chi connectivity index (χ4n) is 8.65. The van der Waals surface area contributed by atoms with Crippen LogP contribution in [0.1, 0.15) is 12.1 Å². The SMILES string of the molecule is C1#CC(c2nc3c4ccccc4c4ccccc4n3c2Nc2ccc(-c3c4ccccc4c(-c4ccccc4)c4ccccc34)c3ccccc23)=CC=CC1. The third-order valence-corrected chi connectivity index (χ3v) is 11.0. The van der Waals surface area contributed by atoms with Gasteiger partial charge in [0.1, 0.15) is 17.2 Å². The summed E-state index contributed by atoms with van der Waals surface area (Å²) in [5.41, 5.74) is 9.66. The van der Waals surface area contributed by atoms with Crippen LogP contribution in [0.2, 0.25) is 0 Å². The molecule has 0 radical (unpaired) electrons. The minimum Gasteiger partial charge on any atom is -0.339 e. The van der Waals surface area contributed by atoms with E-state index in [1.807, 2.05) is 0 Å². The first-order valence-electron chi connectivity index (χ1n) is 18.8. The lowest BCUT2D eigenvalue weighted by atomic mass is 9.84. The molecule has 0 atom stereocenters. The van der Waals surface area contributed by atoms with Crippen molar-refractivity contribution >= 4 is 76.7 Å². The number of anilines is 2. The Morgan fingerprint density at radius 2 is 1.09 bits per heavy atom. The van der Waals surface area contributed by atoms with Crippen molar-refractivity contribution in [2.45, 2.75) is 6.42 Å². The second kappa shape index (κ2) is 12.6. The molecule has 1 aliphatic carbocycles. The number of allylic oxidation sites excluding steroid dienone is 4. The molecule has 0 saturated heterocycles. The number of rotatable bonds is 5. The third kappa shape index (κ3) is 4.89. The number of hydrogen-bond acceptors (Lipinski definition) is 2. The Balaban J connectivity index is 1.18. The van der Waals surface area contributed by atoms with Crippen LogP contribution in [-0.2, 0) is 0 Å². The van der Waals surface area contributed by atoms with Crippen molar-refractivity contribution in [1.82, 2.24) is 9.38 Å². The monoisotopic (exact) mass is 699 g/mol. The van der Waals surface area contributed by atoms with E-state index in [4.69, 9.17) is 4.98 Å². The molecule has 0 spiro atoms. The van der Waals surface area contributed by atoms with E-state index < -0.39 is 0 Å². The molecule has 3 heteroatoms. The molecule has 256 valence electrons. The maximum atomic E-state index is 5.39. The van der Waals surface area contributed by atoms with Gasteiger partial charge in [0.15, 0.2) is 0 Å². The summed E-state index contributed by atoms with van der Waals surface area (Å²) in [5, 5.41) is 14.7. The van der Waals surface area contributed by atoms with Crippen LogP contribution in [-0.4, -0.2) is 9.38 Å². The molecule has 0 fully saturated rings. The number of nitrogens with one attached hydrogen (secondary N) is 1. The highest BCUT2D eigenvalue weighted by Gasteiger charge is 2.23. The van der Waals surface area contributed by atoms with Gasteiger partial charge in [-0.25, -0.2) is 4.98 Å². The quantitative estimate of drug-likeness (QED) is 0.110. The first-order valence-corrected chi connectivity index (χ1v) is 18.8. The number of nitrogens with zero attached hydrogens (tertiary/aromatic N) is 2. The zero-order chi connectivity index (χ0) is 36.3. The molecule has 3 nitrogen and oxygen atoms in total. The van der Waals surface area contributed by atoms with E-state index >= 15 is 0 Å². The van der Waals surface area contributed by atoms with Gasteiger partial charge in [-0.2, -0.15) is 0 Å². The predicted molar refractivity (Wildman–Crippen MR) is 233 cm³/mol. The van der Waals surface area contributed by atoms with Crippen LogP contribution >= 0.6 is 0 Å². The fourth-order valence-corrected chi connectivity index (χ4v) is 8.65. The van der Waals surface area contributed by atoms with E-state index in [9.17, 15) is 0 Å². The van der Waals surface area contributed by atoms with Crippen molar-refractivity contribution in [3.8, 4) is 34.1 Å². The Morgan fingerprint density at radius 1 is 0.509 bits per heavy atom. The van der Waals surface area contributed by atoms with Crippen LogP contribution in [0.5, 0.6) is 0 Å². The predicted octanol–water partition coefficient (Wildman–Crippen LogP) is 13.5. The largest absolute Gasteiger partial charge is 0.339 e. The second-order valence-corrected chi connectivity index (χ2v) is 14.1. The van der Waals surface area contributed by atoms with Gasteiger partial charge in [0.25, 0.3) is 0 Å². The number of para-hydroxylation sites is 1. The number of aromatic nitrogens is 2. The van der Waals surface area contributed by atoms with Crippen LogP contribution in [0.3, 0.4) is 0 Å². The van der Waals surface area contributed by atoms with Crippen molar-refractivity contribution in [2.75, 3.05) is 5.32 Å². The van der Waals surface area contributed by atoms with E-state index in [2.05, 4.69) is 204 Å².